The fourth-order valence-electron chi connectivity index (χ4n) is 8.22. The molecule has 1 aromatic rings. The van der Waals surface area contributed by atoms with Crippen molar-refractivity contribution in [3.05, 3.63) is 52.9 Å². The lowest BCUT2D eigenvalue weighted by Crippen LogP contribution is -2.68. The molecule has 1 aliphatic heterocycles. The number of anilines is 1. The van der Waals surface area contributed by atoms with Gasteiger partial charge in [-0.3, -0.25) is 4.79 Å². The number of allylic oxidation sites excluding steroid dienone is 1. The van der Waals surface area contributed by atoms with Gasteiger partial charge in [0.15, 0.2) is 23.3 Å². The van der Waals surface area contributed by atoms with E-state index in [-0.39, 0.29) is 35.3 Å². The molecule has 0 unspecified atom stereocenters. The second-order valence-corrected chi connectivity index (χ2v) is 13.0. The standard InChI is InChI=1S/C30H36FNO6/c1-14-12-29-15(2)10-18-22(27(18,3)4)17(23(29)33)11-16-13-36-28(5,6)38-25(16)30(29,35)24(14)37-26(34)21-19(31)8-7-9-20(21)32/h7-9,11-12,15,17-18,22,24-25,35H,10,13,32H2,1-6H3/t15-,17+,18-,22+,24+,25-,29-,30-/m1/s1. The quantitative estimate of drug-likeness (QED) is 0.339. The van der Waals surface area contributed by atoms with E-state index >= 15 is 0 Å². The second kappa shape index (κ2) is 7.77. The summed E-state index contributed by atoms with van der Waals surface area (Å²) in [6, 6.07) is 3.95. The van der Waals surface area contributed by atoms with E-state index in [0.29, 0.717) is 17.1 Å². The van der Waals surface area contributed by atoms with Crippen molar-refractivity contribution in [2.24, 2.45) is 34.5 Å². The van der Waals surface area contributed by atoms with Crippen molar-refractivity contribution >= 4 is 17.4 Å². The average molecular weight is 526 g/mol. The molecule has 1 saturated heterocycles. The number of ketones is 1. The fraction of sp³-hybridized carbons (Fsp3) is 0.600. The molecule has 1 spiro atoms. The zero-order valence-corrected chi connectivity index (χ0v) is 22.7. The molecule has 3 fully saturated rings. The number of benzene rings is 1. The SMILES string of the molecule is CC1=C[C@@]23C(=O)[C@@H](C=C4COC(C)(C)O[C@H]4[C@]2(O)[C@H]1OC(=O)c1c(N)cccc1F)[C@H]1[C@@H](C[C@H]3C)C1(C)C. The zero-order valence-electron chi connectivity index (χ0n) is 22.7. The number of nitrogen functional groups attached to an aromatic ring is 1. The Bertz CT molecular complexity index is 1300. The number of aliphatic hydroxyl groups is 1. The minimum atomic E-state index is -1.97. The highest BCUT2D eigenvalue weighted by molar-refractivity contribution is 5.97. The lowest BCUT2D eigenvalue weighted by Gasteiger charge is -2.52. The van der Waals surface area contributed by atoms with Gasteiger partial charge in [-0.2, -0.15) is 0 Å². The summed E-state index contributed by atoms with van der Waals surface area (Å²) in [5, 5.41) is 13.0. The van der Waals surface area contributed by atoms with Crippen LogP contribution in [0.25, 0.3) is 0 Å². The van der Waals surface area contributed by atoms with Gasteiger partial charge in [0.2, 0.25) is 0 Å². The Morgan fingerprint density at radius 1 is 1.24 bits per heavy atom. The van der Waals surface area contributed by atoms with Crippen molar-refractivity contribution in [1.29, 1.82) is 0 Å². The molecular formula is C30H36FNO6. The summed E-state index contributed by atoms with van der Waals surface area (Å²) in [7, 11) is 0. The van der Waals surface area contributed by atoms with Crippen LogP contribution >= 0.6 is 0 Å². The highest BCUT2D eigenvalue weighted by Crippen LogP contribution is 2.72. The van der Waals surface area contributed by atoms with Crippen LogP contribution in [0, 0.1) is 40.3 Å². The largest absolute Gasteiger partial charge is 0.451 e. The molecule has 0 aromatic heterocycles. The second-order valence-electron chi connectivity index (χ2n) is 13.0. The summed E-state index contributed by atoms with van der Waals surface area (Å²) < 4.78 is 33.0. The number of ether oxygens (including phenoxy) is 3. The summed E-state index contributed by atoms with van der Waals surface area (Å²) in [4.78, 5) is 28.1. The van der Waals surface area contributed by atoms with Gasteiger partial charge in [-0.1, -0.05) is 39.0 Å². The molecule has 0 amide bonds. The highest BCUT2D eigenvalue weighted by Gasteiger charge is 2.77. The van der Waals surface area contributed by atoms with E-state index in [1.54, 1.807) is 26.8 Å². The number of nitrogens with two attached hydrogens (primary N) is 1. The molecule has 5 aliphatic rings. The fourth-order valence-corrected chi connectivity index (χ4v) is 8.22. The van der Waals surface area contributed by atoms with E-state index in [1.807, 2.05) is 13.0 Å². The van der Waals surface area contributed by atoms with Gasteiger partial charge in [0.1, 0.15) is 17.5 Å². The van der Waals surface area contributed by atoms with E-state index in [0.717, 1.165) is 12.5 Å². The van der Waals surface area contributed by atoms with Crippen LogP contribution in [0.2, 0.25) is 0 Å². The van der Waals surface area contributed by atoms with Crippen molar-refractivity contribution < 1.29 is 33.3 Å². The molecule has 8 heteroatoms. The van der Waals surface area contributed by atoms with Gasteiger partial charge < -0.3 is 25.1 Å². The Labute approximate surface area is 222 Å². The van der Waals surface area contributed by atoms with Crippen LogP contribution in [0.4, 0.5) is 10.1 Å². The predicted molar refractivity (Wildman–Crippen MR) is 137 cm³/mol. The minimum Gasteiger partial charge on any atom is -0.451 e. The molecule has 38 heavy (non-hydrogen) atoms. The summed E-state index contributed by atoms with van der Waals surface area (Å²) in [6.07, 6.45) is 2.25. The number of halogens is 1. The Hall–Kier alpha value is -2.55. The molecule has 3 N–H and O–H groups in total. The Kier molecular flexibility index (Phi) is 5.26. The number of hydrogen-bond acceptors (Lipinski definition) is 7. The summed E-state index contributed by atoms with van der Waals surface area (Å²) in [6.45, 7) is 11.8. The molecule has 6 rings (SSSR count). The van der Waals surface area contributed by atoms with Crippen LogP contribution < -0.4 is 5.73 Å². The molecule has 2 saturated carbocycles. The van der Waals surface area contributed by atoms with E-state index in [4.69, 9.17) is 19.9 Å². The van der Waals surface area contributed by atoms with Gasteiger partial charge in [0.05, 0.1) is 12.0 Å². The Morgan fingerprint density at radius 3 is 2.63 bits per heavy atom. The van der Waals surface area contributed by atoms with Gasteiger partial charge in [-0.05, 0) is 73.6 Å². The molecule has 1 aromatic carbocycles. The van der Waals surface area contributed by atoms with E-state index in [1.165, 1.54) is 12.1 Å². The third-order valence-corrected chi connectivity index (χ3v) is 10.1. The third kappa shape index (κ3) is 3.11. The van der Waals surface area contributed by atoms with Crippen LogP contribution in [0.1, 0.15) is 58.3 Å². The van der Waals surface area contributed by atoms with E-state index in [9.17, 15) is 19.1 Å². The normalized spacial score (nSPS) is 41.9. The first-order valence-electron chi connectivity index (χ1n) is 13.4. The van der Waals surface area contributed by atoms with Crippen molar-refractivity contribution in [2.45, 2.75) is 71.6 Å². The maximum Gasteiger partial charge on any atom is 0.343 e. The Balaban J connectivity index is 1.53. The van der Waals surface area contributed by atoms with Crippen molar-refractivity contribution in [1.82, 2.24) is 0 Å². The first-order chi connectivity index (χ1) is 17.7. The minimum absolute atomic E-state index is 0.00749. The number of carbonyl (C=O) groups excluding carboxylic acids is 2. The number of fused-ring (bicyclic) bond motifs is 5. The average Bonchev–Trinajstić information content (AvgIpc) is 3.31. The van der Waals surface area contributed by atoms with Crippen molar-refractivity contribution in [3.8, 4) is 0 Å². The van der Waals surface area contributed by atoms with Crippen LogP contribution in [0.15, 0.2) is 41.5 Å². The number of rotatable bonds is 2. The van der Waals surface area contributed by atoms with Crippen molar-refractivity contribution in [2.75, 3.05) is 12.3 Å². The maximum atomic E-state index is 14.7. The molecule has 1 heterocycles. The summed E-state index contributed by atoms with van der Waals surface area (Å²) in [5.74, 6) is -3.20. The summed E-state index contributed by atoms with van der Waals surface area (Å²) in [5.41, 5.74) is 3.31. The topological polar surface area (TPSA) is 108 Å². The smallest absolute Gasteiger partial charge is 0.343 e. The monoisotopic (exact) mass is 525 g/mol. The first kappa shape index (κ1) is 25.7. The van der Waals surface area contributed by atoms with E-state index in [2.05, 4.69) is 13.8 Å². The first-order valence-corrected chi connectivity index (χ1v) is 13.4. The lowest BCUT2D eigenvalue weighted by atomic mass is 9.59. The number of hydrogen-bond donors (Lipinski definition) is 2. The molecule has 0 radical (unpaired) electrons. The van der Waals surface area contributed by atoms with Crippen LogP contribution in [-0.2, 0) is 19.0 Å². The number of carbonyl (C=O) groups is 2. The van der Waals surface area contributed by atoms with Crippen LogP contribution in [-0.4, -0.2) is 47.1 Å². The molecule has 7 nitrogen and oxygen atoms in total. The summed E-state index contributed by atoms with van der Waals surface area (Å²) >= 11 is 0. The van der Waals surface area contributed by atoms with Gasteiger partial charge >= 0.3 is 5.97 Å². The zero-order chi connectivity index (χ0) is 27.6. The van der Waals surface area contributed by atoms with Gasteiger partial charge in [0.25, 0.3) is 0 Å². The number of Topliss-reactive ketones (excluding diaryl/α,β-unsaturated/α-hetero) is 1. The third-order valence-electron chi connectivity index (χ3n) is 10.1. The van der Waals surface area contributed by atoms with E-state index < -0.39 is 52.3 Å². The van der Waals surface area contributed by atoms with Crippen LogP contribution in [0.3, 0.4) is 0 Å². The van der Waals surface area contributed by atoms with Crippen LogP contribution in [0.5, 0.6) is 0 Å². The predicted octanol–water partition coefficient (Wildman–Crippen LogP) is 4.20. The number of esters is 1. The lowest BCUT2D eigenvalue weighted by molar-refractivity contribution is -0.302. The van der Waals surface area contributed by atoms with Gasteiger partial charge in [0, 0.05) is 11.6 Å². The van der Waals surface area contributed by atoms with Gasteiger partial charge in [-0.15, -0.1) is 0 Å². The molecular weight excluding hydrogens is 489 g/mol. The highest BCUT2D eigenvalue weighted by atomic mass is 19.1. The maximum absolute atomic E-state index is 14.7. The van der Waals surface area contributed by atoms with Gasteiger partial charge in [-0.25, -0.2) is 9.18 Å². The molecule has 2 bridgehead atoms. The van der Waals surface area contributed by atoms with Crippen molar-refractivity contribution in [3.63, 3.8) is 0 Å². The Morgan fingerprint density at radius 2 is 1.95 bits per heavy atom. The molecule has 4 aliphatic carbocycles. The molecule has 8 atom stereocenters. The molecule has 204 valence electrons.